The maximum absolute atomic E-state index is 9.70. The lowest BCUT2D eigenvalue weighted by Gasteiger charge is -2.24. The molecule has 1 aliphatic rings. The smallest absolute Gasteiger partial charge is 0.305 e. The van der Waals surface area contributed by atoms with Crippen LogP contribution in [-0.2, 0) is 4.79 Å². The van der Waals surface area contributed by atoms with Crippen LogP contribution in [0.4, 0.5) is 11.5 Å². The van der Waals surface area contributed by atoms with E-state index in [0.717, 1.165) is 42.3 Å². The maximum atomic E-state index is 9.70. The molecule has 3 N–H and O–H groups in total. The number of aromatic nitrogens is 3. The summed E-state index contributed by atoms with van der Waals surface area (Å²) in [6.07, 6.45) is 3.54. The number of carbonyl (C=O) groups is 1. The highest BCUT2D eigenvalue weighted by molar-refractivity contribution is 7.99. The fourth-order valence-electron chi connectivity index (χ4n) is 2.89. The van der Waals surface area contributed by atoms with E-state index in [-0.39, 0.29) is 12.0 Å². The van der Waals surface area contributed by atoms with Gasteiger partial charge in [-0.05, 0) is 45.0 Å². The second-order valence-electron chi connectivity index (χ2n) is 8.19. The van der Waals surface area contributed by atoms with Crippen LogP contribution in [0.3, 0.4) is 0 Å². The van der Waals surface area contributed by atoms with Gasteiger partial charge in [0.1, 0.15) is 12.4 Å². The second kappa shape index (κ2) is 13.2. The molecule has 33 heavy (non-hydrogen) atoms. The van der Waals surface area contributed by atoms with Crippen LogP contribution in [0.15, 0.2) is 23.5 Å². The zero-order valence-electron chi connectivity index (χ0n) is 20.2. The van der Waals surface area contributed by atoms with Gasteiger partial charge in [0, 0.05) is 5.25 Å². The van der Waals surface area contributed by atoms with Crippen molar-refractivity contribution < 1.29 is 19.4 Å². The van der Waals surface area contributed by atoms with Crippen LogP contribution in [0.2, 0.25) is 0 Å². The number of carboxylic acids is 1. The van der Waals surface area contributed by atoms with Crippen molar-refractivity contribution in [3.8, 4) is 11.6 Å². The van der Waals surface area contributed by atoms with Crippen molar-refractivity contribution in [1.82, 2.24) is 20.3 Å². The molecule has 0 unspecified atom stereocenters. The zero-order valence-corrected chi connectivity index (χ0v) is 21.0. The summed E-state index contributed by atoms with van der Waals surface area (Å²) in [5, 5.41) is 16.1. The standard InChI is InChI=1S/C19H27N5O2S.C4H8O2/c1-12(2)27-16-6-5-15(13(3)23-16)24-18-17(25-4)19(22-11-21-18)26-14-7-9-20-10-8-14;1-3(2)4(5)6/h5-6,11-12,14,20H,7-10H2,1-4H3,(H,21,22,24);3H,1-2H3,(H,5,6). The molecule has 3 heterocycles. The van der Waals surface area contributed by atoms with Crippen molar-refractivity contribution in [2.24, 2.45) is 5.92 Å². The van der Waals surface area contributed by atoms with E-state index in [1.165, 1.54) is 6.33 Å². The van der Waals surface area contributed by atoms with Gasteiger partial charge in [0.2, 0.25) is 5.75 Å². The van der Waals surface area contributed by atoms with E-state index in [1.54, 1.807) is 32.7 Å². The number of methoxy groups -OCH3 is 1. The lowest BCUT2D eigenvalue weighted by atomic mass is 10.1. The van der Waals surface area contributed by atoms with Gasteiger partial charge >= 0.3 is 5.97 Å². The highest BCUT2D eigenvalue weighted by Gasteiger charge is 2.20. The number of hydrogen-bond acceptors (Lipinski definition) is 9. The third-order valence-corrected chi connectivity index (χ3v) is 5.64. The molecule has 0 radical (unpaired) electrons. The Hall–Kier alpha value is -2.59. The molecule has 9 nitrogen and oxygen atoms in total. The minimum atomic E-state index is -0.741. The SMILES string of the molecule is CC(C)C(=O)O.COc1c(Nc2ccc(SC(C)C)nc2C)ncnc1OC1CCNCC1. The van der Waals surface area contributed by atoms with Crippen LogP contribution >= 0.6 is 11.8 Å². The molecule has 0 aliphatic carbocycles. The van der Waals surface area contributed by atoms with Gasteiger partial charge in [0.25, 0.3) is 5.88 Å². The van der Waals surface area contributed by atoms with E-state index in [0.29, 0.717) is 22.7 Å². The topological polar surface area (TPSA) is 118 Å². The van der Waals surface area contributed by atoms with Gasteiger partial charge < -0.3 is 25.2 Å². The van der Waals surface area contributed by atoms with Crippen molar-refractivity contribution >= 4 is 29.2 Å². The Morgan fingerprint density at radius 3 is 2.42 bits per heavy atom. The molecule has 2 aromatic rings. The number of hydrogen-bond donors (Lipinski definition) is 3. The first-order valence-electron chi connectivity index (χ1n) is 11.1. The van der Waals surface area contributed by atoms with Gasteiger partial charge in [-0.1, -0.05) is 27.7 Å². The molecular formula is C23H35N5O4S. The van der Waals surface area contributed by atoms with Crippen LogP contribution in [0.25, 0.3) is 0 Å². The van der Waals surface area contributed by atoms with E-state index in [9.17, 15) is 4.79 Å². The fraction of sp³-hybridized carbons (Fsp3) is 0.565. The number of carboxylic acid groups (broad SMARTS) is 1. The first kappa shape index (κ1) is 26.7. The number of ether oxygens (including phenoxy) is 2. The van der Waals surface area contributed by atoms with Crippen LogP contribution in [-0.4, -0.2) is 57.6 Å². The number of rotatable bonds is 8. The normalized spacial score (nSPS) is 13.9. The second-order valence-corrected chi connectivity index (χ2v) is 9.79. The Labute approximate surface area is 200 Å². The number of piperidine rings is 1. The number of aliphatic carboxylic acids is 1. The van der Waals surface area contributed by atoms with E-state index >= 15 is 0 Å². The Balaban J connectivity index is 0.000000569. The quantitative estimate of drug-likeness (QED) is 0.475. The Bertz CT molecular complexity index is 904. The zero-order chi connectivity index (χ0) is 24.4. The molecule has 1 aliphatic heterocycles. The summed E-state index contributed by atoms with van der Waals surface area (Å²) >= 11 is 1.74. The molecule has 0 saturated carbocycles. The highest BCUT2D eigenvalue weighted by Crippen LogP contribution is 2.35. The van der Waals surface area contributed by atoms with Crippen molar-refractivity contribution in [3.05, 3.63) is 24.2 Å². The molecule has 0 aromatic carbocycles. The van der Waals surface area contributed by atoms with Crippen LogP contribution < -0.4 is 20.1 Å². The minimum Gasteiger partial charge on any atom is -0.489 e. The van der Waals surface area contributed by atoms with Crippen molar-refractivity contribution in [1.29, 1.82) is 0 Å². The van der Waals surface area contributed by atoms with Crippen LogP contribution in [0, 0.1) is 12.8 Å². The van der Waals surface area contributed by atoms with Crippen molar-refractivity contribution in [2.45, 2.75) is 63.8 Å². The summed E-state index contributed by atoms with van der Waals surface area (Å²) in [6, 6.07) is 4.03. The molecular weight excluding hydrogens is 442 g/mol. The first-order valence-corrected chi connectivity index (χ1v) is 12.0. The summed E-state index contributed by atoms with van der Waals surface area (Å²) in [5.41, 5.74) is 1.79. The highest BCUT2D eigenvalue weighted by atomic mass is 32.2. The average Bonchev–Trinajstić information content (AvgIpc) is 2.76. The van der Waals surface area contributed by atoms with E-state index in [4.69, 9.17) is 14.6 Å². The third kappa shape index (κ3) is 8.70. The van der Waals surface area contributed by atoms with Crippen molar-refractivity contribution in [3.63, 3.8) is 0 Å². The summed E-state index contributed by atoms with van der Waals surface area (Å²) in [6.45, 7) is 11.5. The van der Waals surface area contributed by atoms with Gasteiger partial charge in [0.15, 0.2) is 5.82 Å². The largest absolute Gasteiger partial charge is 0.489 e. The van der Waals surface area contributed by atoms with Gasteiger partial charge in [-0.25, -0.2) is 9.97 Å². The number of nitrogens with zero attached hydrogens (tertiary/aromatic N) is 3. The average molecular weight is 478 g/mol. The Morgan fingerprint density at radius 1 is 1.21 bits per heavy atom. The molecule has 0 bridgehead atoms. The van der Waals surface area contributed by atoms with E-state index < -0.39 is 5.97 Å². The van der Waals surface area contributed by atoms with Gasteiger partial charge in [-0.15, -0.1) is 11.8 Å². The molecule has 0 atom stereocenters. The molecule has 1 fully saturated rings. The van der Waals surface area contributed by atoms with Gasteiger partial charge in [0.05, 0.1) is 29.4 Å². The van der Waals surface area contributed by atoms with Gasteiger partial charge in [-0.3, -0.25) is 4.79 Å². The number of aryl methyl sites for hydroxylation is 1. The lowest BCUT2D eigenvalue weighted by molar-refractivity contribution is -0.140. The first-order chi connectivity index (χ1) is 15.7. The van der Waals surface area contributed by atoms with Gasteiger partial charge in [-0.2, -0.15) is 4.98 Å². The maximum Gasteiger partial charge on any atom is 0.305 e. The molecule has 3 rings (SSSR count). The monoisotopic (exact) mass is 477 g/mol. The van der Waals surface area contributed by atoms with Crippen LogP contribution in [0.1, 0.15) is 46.2 Å². The molecule has 182 valence electrons. The molecule has 0 amide bonds. The minimum absolute atomic E-state index is 0.138. The molecule has 0 spiro atoms. The fourth-order valence-corrected chi connectivity index (χ4v) is 3.71. The summed E-state index contributed by atoms with van der Waals surface area (Å²) in [7, 11) is 1.60. The number of nitrogens with one attached hydrogen (secondary N) is 2. The number of anilines is 2. The molecule has 2 aromatic heterocycles. The molecule has 10 heteroatoms. The predicted molar refractivity (Wildman–Crippen MR) is 131 cm³/mol. The lowest BCUT2D eigenvalue weighted by Crippen LogP contribution is -2.34. The molecule has 1 saturated heterocycles. The van der Waals surface area contributed by atoms with Crippen molar-refractivity contribution in [2.75, 3.05) is 25.5 Å². The van der Waals surface area contributed by atoms with Crippen LogP contribution in [0.5, 0.6) is 11.6 Å². The number of pyridine rings is 1. The Morgan fingerprint density at radius 2 is 1.88 bits per heavy atom. The summed E-state index contributed by atoms with van der Waals surface area (Å²) in [4.78, 5) is 23.0. The Kier molecular flexibility index (Phi) is 10.7. The third-order valence-electron chi connectivity index (χ3n) is 4.70. The van der Waals surface area contributed by atoms with E-state index in [1.807, 2.05) is 19.1 Å². The summed E-state index contributed by atoms with van der Waals surface area (Å²) in [5.74, 6) is 0.584. The summed E-state index contributed by atoms with van der Waals surface area (Å²) < 4.78 is 11.6. The van der Waals surface area contributed by atoms with E-state index in [2.05, 4.69) is 39.4 Å². The number of thioether (sulfide) groups is 1. The predicted octanol–water partition coefficient (Wildman–Crippen LogP) is 4.29.